The molecule has 0 aliphatic rings. The summed E-state index contributed by atoms with van der Waals surface area (Å²) in [7, 11) is -1.82. The molecule has 38 heavy (non-hydrogen) atoms. The molecular weight excluding hydrogens is 510 g/mol. The topological polar surface area (TPSA) is 80.4 Å². The summed E-state index contributed by atoms with van der Waals surface area (Å²) in [6.45, 7) is 0. The minimum Gasteiger partial charge on any atom is -0.302 e. The Morgan fingerprint density at radius 3 is 1.39 bits per heavy atom. The maximum Gasteiger partial charge on any atom is 0.187 e. The fourth-order valence-electron chi connectivity index (χ4n) is 5.07. The van der Waals surface area contributed by atoms with Crippen LogP contribution in [-0.4, -0.2) is 13.0 Å². The fraction of sp³-hybridized carbons (Fsp3) is 0. The molecule has 6 heteroatoms. The molecule has 0 saturated heterocycles. The van der Waals surface area contributed by atoms with E-state index in [0.29, 0.717) is 16.0 Å². The Labute approximate surface area is 225 Å². The van der Waals surface area contributed by atoms with E-state index in [9.17, 15) is 13.0 Å². The van der Waals surface area contributed by atoms with E-state index in [1.165, 1.54) is 0 Å². The summed E-state index contributed by atoms with van der Waals surface area (Å²) in [6.07, 6.45) is 0. The zero-order valence-electron chi connectivity index (χ0n) is 20.2. The van der Waals surface area contributed by atoms with Gasteiger partial charge in [-0.15, -0.1) is 0 Å². The summed E-state index contributed by atoms with van der Waals surface area (Å²) in [5, 5.41) is 9.39. The highest BCUT2D eigenvalue weighted by Crippen LogP contribution is 2.42. The van der Waals surface area contributed by atoms with Crippen molar-refractivity contribution in [3.8, 4) is 33.4 Å². The molecule has 0 radical (unpaired) electrons. The zero-order chi connectivity index (χ0) is 26.2. The van der Waals surface area contributed by atoms with E-state index in [4.69, 9.17) is 5.14 Å². The lowest BCUT2D eigenvalue weighted by Gasteiger charge is -2.18. The first-order valence-electron chi connectivity index (χ1n) is 12.0. The van der Waals surface area contributed by atoms with Crippen molar-refractivity contribution in [3.05, 3.63) is 121 Å². The van der Waals surface area contributed by atoms with Crippen LogP contribution in [-0.2, 0) is 22.1 Å². The molecule has 0 saturated carbocycles. The minimum atomic E-state index is -2.28. The van der Waals surface area contributed by atoms with E-state index in [2.05, 4.69) is 12.1 Å². The lowest BCUT2D eigenvalue weighted by molar-refractivity contribution is 0.565. The molecule has 2 atom stereocenters. The monoisotopic (exact) mass is 533 g/mol. The fourth-order valence-corrected chi connectivity index (χ4v) is 6.26. The van der Waals surface area contributed by atoms with Crippen LogP contribution in [0, 0.1) is 0 Å². The van der Waals surface area contributed by atoms with E-state index < -0.39 is 22.1 Å². The van der Waals surface area contributed by atoms with Crippen LogP contribution < -0.4 is 5.14 Å². The molecule has 0 spiro atoms. The predicted molar refractivity (Wildman–Crippen MR) is 157 cm³/mol. The van der Waals surface area contributed by atoms with Gasteiger partial charge in [0, 0.05) is 11.1 Å². The van der Waals surface area contributed by atoms with Crippen molar-refractivity contribution in [3.63, 3.8) is 0 Å². The van der Waals surface area contributed by atoms with Crippen molar-refractivity contribution in [2.75, 3.05) is 0 Å². The van der Waals surface area contributed by atoms with E-state index in [1.807, 2.05) is 97.1 Å². The lowest BCUT2D eigenvalue weighted by atomic mass is 9.91. The van der Waals surface area contributed by atoms with Crippen molar-refractivity contribution >= 4 is 43.6 Å². The molecule has 4 nitrogen and oxygen atoms in total. The molecule has 0 aromatic heterocycles. The molecular formula is C32H23NO3S2. The van der Waals surface area contributed by atoms with Gasteiger partial charge in [0.05, 0.1) is 9.79 Å². The number of nitrogens with two attached hydrogens (primary N) is 1. The molecule has 0 bridgehead atoms. The Hall–Kier alpha value is -3.94. The SMILES string of the molecule is NS(=O)c1ccc2cc(-c3ccccc3)ccc2c1-c1c(S(=O)O)ccc2cc(-c3ccccc3)ccc12. The Kier molecular flexibility index (Phi) is 6.47. The third-order valence-electron chi connectivity index (χ3n) is 6.83. The Bertz CT molecular complexity index is 1730. The molecule has 6 aromatic carbocycles. The highest BCUT2D eigenvalue weighted by atomic mass is 32.2. The van der Waals surface area contributed by atoms with Gasteiger partial charge in [-0.25, -0.2) is 13.6 Å². The van der Waals surface area contributed by atoms with Crippen molar-refractivity contribution in [1.82, 2.24) is 0 Å². The van der Waals surface area contributed by atoms with Gasteiger partial charge in [-0.3, -0.25) is 0 Å². The molecule has 0 heterocycles. The van der Waals surface area contributed by atoms with Crippen LogP contribution in [0.25, 0.3) is 54.9 Å². The number of hydrogen-bond acceptors (Lipinski definition) is 2. The Morgan fingerprint density at radius 1 is 0.500 bits per heavy atom. The molecule has 186 valence electrons. The van der Waals surface area contributed by atoms with Crippen molar-refractivity contribution < 1.29 is 13.0 Å². The van der Waals surface area contributed by atoms with Crippen LogP contribution in [0.3, 0.4) is 0 Å². The molecule has 6 rings (SSSR count). The number of rotatable bonds is 5. The molecule has 2 unspecified atom stereocenters. The van der Waals surface area contributed by atoms with Crippen LogP contribution in [0.5, 0.6) is 0 Å². The summed E-state index contributed by atoms with van der Waals surface area (Å²) in [6, 6.07) is 39.4. The smallest absolute Gasteiger partial charge is 0.187 e. The first kappa shape index (κ1) is 24.4. The second kappa shape index (κ2) is 10.1. The highest BCUT2D eigenvalue weighted by molar-refractivity contribution is 7.83. The maximum absolute atomic E-state index is 12.8. The largest absolute Gasteiger partial charge is 0.302 e. The summed E-state index contributed by atoms with van der Waals surface area (Å²) in [5.74, 6) is 0. The lowest BCUT2D eigenvalue weighted by Crippen LogP contribution is -2.06. The van der Waals surface area contributed by atoms with Crippen LogP contribution in [0.1, 0.15) is 0 Å². The van der Waals surface area contributed by atoms with E-state index in [0.717, 1.165) is 43.8 Å². The number of fused-ring (bicyclic) bond motifs is 2. The van der Waals surface area contributed by atoms with E-state index >= 15 is 0 Å². The standard InChI is InChI=1S/C32H23NO3S2/c33-37(34)29-17-13-25-19-23(21-7-3-1-4-8-21)11-15-27(25)31(29)32-28-16-12-24(22-9-5-2-6-10-22)20-26(28)14-18-30(32)38(35)36/h1-20H,33H2,(H,35,36). The number of benzene rings is 6. The predicted octanol–water partition coefficient (Wildman–Crippen LogP) is 7.56. The molecule has 0 aliphatic heterocycles. The van der Waals surface area contributed by atoms with Crippen LogP contribution in [0.4, 0.5) is 0 Å². The summed E-state index contributed by atoms with van der Waals surface area (Å²) >= 11 is -2.28. The first-order chi connectivity index (χ1) is 18.5. The summed E-state index contributed by atoms with van der Waals surface area (Å²) < 4.78 is 35.7. The summed E-state index contributed by atoms with van der Waals surface area (Å²) in [4.78, 5) is 0.660. The van der Waals surface area contributed by atoms with E-state index in [1.54, 1.807) is 12.1 Å². The second-order valence-corrected chi connectivity index (χ2v) is 11.0. The highest BCUT2D eigenvalue weighted by Gasteiger charge is 2.21. The molecule has 0 amide bonds. The zero-order valence-corrected chi connectivity index (χ0v) is 21.8. The van der Waals surface area contributed by atoms with Gasteiger partial charge in [0.25, 0.3) is 0 Å². The van der Waals surface area contributed by atoms with Gasteiger partial charge >= 0.3 is 0 Å². The Balaban J connectivity index is 1.66. The van der Waals surface area contributed by atoms with Crippen LogP contribution in [0.15, 0.2) is 131 Å². The van der Waals surface area contributed by atoms with Gasteiger partial charge in [-0.05, 0) is 68.1 Å². The third-order valence-corrected chi connectivity index (χ3v) is 8.32. The van der Waals surface area contributed by atoms with E-state index in [-0.39, 0.29) is 4.90 Å². The normalized spacial score (nSPS) is 13.0. The summed E-state index contributed by atoms with van der Waals surface area (Å²) in [5.41, 5.74) is 5.41. The van der Waals surface area contributed by atoms with Crippen LogP contribution in [0.2, 0.25) is 0 Å². The van der Waals surface area contributed by atoms with Gasteiger partial charge in [-0.2, -0.15) is 0 Å². The maximum atomic E-state index is 12.8. The third kappa shape index (κ3) is 4.38. The average molecular weight is 534 g/mol. The number of hydrogen-bond donors (Lipinski definition) is 2. The molecule has 0 fully saturated rings. The van der Waals surface area contributed by atoms with Gasteiger partial charge in [-0.1, -0.05) is 97.1 Å². The molecule has 0 aliphatic carbocycles. The van der Waals surface area contributed by atoms with Crippen molar-refractivity contribution in [1.29, 1.82) is 0 Å². The van der Waals surface area contributed by atoms with Gasteiger partial charge < -0.3 is 4.55 Å². The van der Waals surface area contributed by atoms with Gasteiger partial charge in [0.15, 0.2) is 11.1 Å². The van der Waals surface area contributed by atoms with Crippen molar-refractivity contribution in [2.45, 2.75) is 9.79 Å². The quantitative estimate of drug-likeness (QED) is 0.224. The Morgan fingerprint density at radius 2 is 0.947 bits per heavy atom. The van der Waals surface area contributed by atoms with Crippen molar-refractivity contribution in [2.24, 2.45) is 5.14 Å². The van der Waals surface area contributed by atoms with Gasteiger partial charge in [0.2, 0.25) is 0 Å². The molecule has 6 aromatic rings. The second-order valence-electron chi connectivity index (χ2n) is 9.03. The average Bonchev–Trinajstić information content (AvgIpc) is 2.96. The minimum absolute atomic E-state index is 0.247. The van der Waals surface area contributed by atoms with Gasteiger partial charge in [0.1, 0.15) is 11.0 Å². The first-order valence-corrected chi connectivity index (χ1v) is 14.3. The van der Waals surface area contributed by atoms with Crippen LogP contribution >= 0.6 is 0 Å². The molecule has 3 N–H and O–H groups in total.